The Kier molecular flexibility index (Phi) is 2.99. The summed E-state index contributed by atoms with van der Waals surface area (Å²) in [6.07, 6.45) is 3.32. The monoisotopic (exact) mass is 233 g/mol. The summed E-state index contributed by atoms with van der Waals surface area (Å²) in [4.78, 5) is 4.00. The molecule has 17 heavy (non-hydrogen) atoms. The Labute approximate surface area is 99.6 Å². The fourth-order valence-electron chi connectivity index (χ4n) is 1.79. The van der Waals surface area contributed by atoms with Gasteiger partial charge in [0.15, 0.2) is 11.6 Å². The maximum atomic E-state index is 5.81. The molecular weight excluding hydrogens is 218 g/mol. The quantitative estimate of drug-likeness (QED) is 0.881. The maximum Gasteiger partial charge on any atom is 0.176 e. The highest BCUT2D eigenvalue weighted by Crippen LogP contribution is 2.37. The van der Waals surface area contributed by atoms with Crippen LogP contribution in [0.5, 0.6) is 5.75 Å². The van der Waals surface area contributed by atoms with Crippen molar-refractivity contribution in [2.75, 3.05) is 12.8 Å². The van der Waals surface area contributed by atoms with Crippen LogP contribution in [0.3, 0.4) is 0 Å². The van der Waals surface area contributed by atoms with Crippen molar-refractivity contribution in [3.05, 3.63) is 24.0 Å². The van der Waals surface area contributed by atoms with Crippen molar-refractivity contribution >= 4 is 5.82 Å². The minimum Gasteiger partial charge on any atom is -0.494 e. The van der Waals surface area contributed by atoms with Gasteiger partial charge in [-0.25, -0.2) is 0 Å². The molecule has 2 aromatic rings. The highest BCUT2D eigenvalue weighted by molar-refractivity contribution is 5.71. The largest absolute Gasteiger partial charge is 0.494 e. The van der Waals surface area contributed by atoms with Crippen LogP contribution in [0, 0.1) is 0 Å². The molecule has 0 saturated heterocycles. The molecule has 2 heterocycles. The number of nitrogens with two attached hydrogens (primary N) is 1. The Hall–Kier alpha value is -2.04. The number of nitrogen functional groups attached to an aromatic ring is 1. The summed E-state index contributed by atoms with van der Waals surface area (Å²) in [7, 11) is 1.59. The highest BCUT2D eigenvalue weighted by Gasteiger charge is 2.21. The van der Waals surface area contributed by atoms with E-state index in [0.29, 0.717) is 17.3 Å². The first-order valence-corrected chi connectivity index (χ1v) is 5.38. The van der Waals surface area contributed by atoms with Gasteiger partial charge in [-0.3, -0.25) is 4.98 Å². The molecule has 0 aliphatic heterocycles. The molecule has 5 heteroatoms. The number of ether oxygens (including phenoxy) is 1. The van der Waals surface area contributed by atoms with Crippen molar-refractivity contribution in [1.82, 2.24) is 10.1 Å². The van der Waals surface area contributed by atoms with E-state index in [-0.39, 0.29) is 5.92 Å². The lowest BCUT2D eigenvalue weighted by Crippen LogP contribution is -1.96. The zero-order valence-electron chi connectivity index (χ0n) is 10.1. The van der Waals surface area contributed by atoms with Gasteiger partial charge in [-0.2, -0.15) is 0 Å². The van der Waals surface area contributed by atoms with Crippen molar-refractivity contribution < 1.29 is 9.26 Å². The van der Waals surface area contributed by atoms with Gasteiger partial charge < -0.3 is 15.0 Å². The summed E-state index contributed by atoms with van der Waals surface area (Å²) >= 11 is 0. The molecular formula is C12H15N3O2. The Morgan fingerprint density at radius 2 is 2.18 bits per heavy atom. The van der Waals surface area contributed by atoms with Gasteiger partial charge in [0.25, 0.3) is 0 Å². The first kappa shape index (κ1) is 11.4. The van der Waals surface area contributed by atoms with Crippen LogP contribution < -0.4 is 10.5 Å². The molecule has 0 spiro atoms. The van der Waals surface area contributed by atoms with Crippen LogP contribution in [0.1, 0.15) is 25.3 Å². The minimum absolute atomic E-state index is 0.231. The minimum atomic E-state index is 0.231. The smallest absolute Gasteiger partial charge is 0.176 e. The van der Waals surface area contributed by atoms with Crippen LogP contribution in [0.25, 0.3) is 11.3 Å². The first-order chi connectivity index (χ1) is 8.15. The number of pyridine rings is 1. The predicted molar refractivity (Wildman–Crippen MR) is 64.8 cm³/mol. The van der Waals surface area contributed by atoms with E-state index in [1.807, 2.05) is 19.9 Å². The molecule has 0 aliphatic rings. The molecule has 0 atom stereocenters. The van der Waals surface area contributed by atoms with E-state index in [9.17, 15) is 0 Å². The van der Waals surface area contributed by atoms with Gasteiger partial charge in [-0.1, -0.05) is 19.0 Å². The zero-order chi connectivity index (χ0) is 12.4. The number of hydrogen-bond donors (Lipinski definition) is 1. The Bertz CT molecular complexity index is 520. The van der Waals surface area contributed by atoms with Gasteiger partial charge in [-0.05, 0) is 12.0 Å². The van der Waals surface area contributed by atoms with E-state index in [0.717, 1.165) is 11.1 Å². The first-order valence-electron chi connectivity index (χ1n) is 5.38. The lowest BCUT2D eigenvalue weighted by molar-refractivity contribution is 0.405. The number of nitrogens with zero attached hydrogens (tertiary/aromatic N) is 2. The van der Waals surface area contributed by atoms with Crippen LogP contribution in [0.15, 0.2) is 23.0 Å². The fraction of sp³-hybridized carbons (Fsp3) is 0.333. The second-order valence-electron chi connectivity index (χ2n) is 4.04. The molecule has 0 fully saturated rings. The topological polar surface area (TPSA) is 74.2 Å². The number of anilines is 1. The molecule has 0 radical (unpaired) electrons. The van der Waals surface area contributed by atoms with Crippen molar-refractivity contribution in [2.24, 2.45) is 0 Å². The molecule has 0 bridgehead atoms. The number of rotatable bonds is 3. The van der Waals surface area contributed by atoms with Gasteiger partial charge in [0, 0.05) is 11.8 Å². The summed E-state index contributed by atoms with van der Waals surface area (Å²) in [5.74, 6) is 1.95. The number of methoxy groups -OCH3 is 1. The molecule has 0 aliphatic carbocycles. The zero-order valence-corrected chi connectivity index (χ0v) is 10.1. The summed E-state index contributed by atoms with van der Waals surface area (Å²) in [6, 6.07) is 1.82. The third-order valence-electron chi connectivity index (χ3n) is 2.58. The molecule has 2 N–H and O–H groups in total. The standard InChI is InChI=1S/C12H15N3O2/c1-7(2)10-11(17-15-12(10)13)8-4-5-14-6-9(8)16-3/h4-7H,1-3H3,(H2,13,15). The van der Waals surface area contributed by atoms with Gasteiger partial charge in [0.05, 0.1) is 18.9 Å². The van der Waals surface area contributed by atoms with Crippen molar-refractivity contribution in [1.29, 1.82) is 0 Å². The van der Waals surface area contributed by atoms with Gasteiger partial charge in [0.2, 0.25) is 0 Å². The Morgan fingerprint density at radius 3 is 2.82 bits per heavy atom. The van der Waals surface area contributed by atoms with E-state index in [1.165, 1.54) is 0 Å². The predicted octanol–water partition coefficient (Wildman–Crippen LogP) is 2.45. The SMILES string of the molecule is COc1cnccc1-c1onc(N)c1C(C)C. The molecule has 0 amide bonds. The molecule has 0 saturated carbocycles. The highest BCUT2D eigenvalue weighted by atomic mass is 16.5. The Balaban J connectivity index is 2.60. The second-order valence-corrected chi connectivity index (χ2v) is 4.04. The molecule has 0 aromatic carbocycles. The van der Waals surface area contributed by atoms with Gasteiger partial charge in [-0.15, -0.1) is 0 Å². The molecule has 2 rings (SSSR count). The normalized spacial score (nSPS) is 10.8. The van der Waals surface area contributed by atoms with Gasteiger partial charge in [0.1, 0.15) is 5.75 Å². The summed E-state index contributed by atoms with van der Waals surface area (Å²) in [5.41, 5.74) is 7.52. The summed E-state index contributed by atoms with van der Waals surface area (Å²) in [6.45, 7) is 4.08. The van der Waals surface area contributed by atoms with Crippen LogP contribution >= 0.6 is 0 Å². The fourth-order valence-corrected chi connectivity index (χ4v) is 1.79. The van der Waals surface area contributed by atoms with Crippen LogP contribution in [0.4, 0.5) is 5.82 Å². The Morgan fingerprint density at radius 1 is 1.41 bits per heavy atom. The third kappa shape index (κ3) is 1.95. The summed E-state index contributed by atoms with van der Waals surface area (Å²) < 4.78 is 10.6. The van der Waals surface area contributed by atoms with E-state index >= 15 is 0 Å². The number of aromatic nitrogens is 2. The van der Waals surface area contributed by atoms with E-state index in [2.05, 4.69) is 10.1 Å². The van der Waals surface area contributed by atoms with E-state index in [1.54, 1.807) is 19.5 Å². The lowest BCUT2D eigenvalue weighted by Gasteiger charge is -2.08. The van der Waals surface area contributed by atoms with Crippen molar-refractivity contribution in [3.8, 4) is 17.1 Å². The lowest BCUT2D eigenvalue weighted by atomic mass is 9.99. The molecule has 2 aromatic heterocycles. The molecule has 0 unspecified atom stereocenters. The second kappa shape index (κ2) is 4.45. The average Bonchev–Trinajstić information content (AvgIpc) is 2.71. The van der Waals surface area contributed by atoms with Crippen LogP contribution in [0.2, 0.25) is 0 Å². The van der Waals surface area contributed by atoms with Crippen molar-refractivity contribution in [2.45, 2.75) is 19.8 Å². The maximum absolute atomic E-state index is 5.81. The molecule has 5 nitrogen and oxygen atoms in total. The summed E-state index contributed by atoms with van der Waals surface area (Å²) in [5, 5.41) is 3.82. The number of hydrogen-bond acceptors (Lipinski definition) is 5. The van der Waals surface area contributed by atoms with Crippen LogP contribution in [-0.4, -0.2) is 17.3 Å². The molecule has 90 valence electrons. The van der Waals surface area contributed by atoms with E-state index < -0.39 is 0 Å². The van der Waals surface area contributed by atoms with E-state index in [4.69, 9.17) is 15.0 Å². The van der Waals surface area contributed by atoms with Crippen molar-refractivity contribution in [3.63, 3.8) is 0 Å². The van der Waals surface area contributed by atoms with Crippen LogP contribution in [-0.2, 0) is 0 Å². The average molecular weight is 233 g/mol. The van der Waals surface area contributed by atoms with Gasteiger partial charge >= 0.3 is 0 Å². The third-order valence-corrected chi connectivity index (χ3v) is 2.58.